The van der Waals surface area contributed by atoms with Crippen LogP contribution in [0.4, 0.5) is 0 Å². The van der Waals surface area contributed by atoms with Crippen LogP contribution in [-0.4, -0.2) is 36.9 Å². The molecule has 1 aromatic carbocycles. The molecule has 1 heterocycles. The van der Waals surface area contributed by atoms with Crippen molar-refractivity contribution in [2.24, 2.45) is 5.92 Å². The van der Waals surface area contributed by atoms with Crippen molar-refractivity contribution >= 4 is 21.7 Å². The molecule has 0 spiro atoms. The third-order valence-electron chi connectivity index (χ3n) is 3.72. The Kier molecular flexibility index (Phi) is 5.18. The number of nitrogens with one attached hydrogen (secondary N) is 1. The van der Waals surface area contributed by atoms with Gasteiger partial charge in [0.25, 0.3) is 0 Å². The zero-order chi connectivity index (χ0) is 16.2. The molecule has 1 aliphatic rings. The third kappa shape index (κ3) is 4.84. The standard InChI is InChI=1S/C15H19NO5S/c17-14(8-11-6-7-22(20,21)10-11)16-13(9-15(18)19)12-4-2-1-3-5-12/h1-5,11,13H,6-10H2,(H,16,17)(H,18,19). The van der Waals surface area contributed by atoms with Crippen molar-refractivity contribution in [3.8, 4) is 0 Å². The molecule has 1 fully saturated rings. The van der Waals surface area contributed by atoms with Crippen LogP contribution in [0.15, 0.2) is 30.3 Å². The fourth-order valence-electron chi connectivity index (χ4n) is 2.66. The fourth-order valence-corrected chi connectivity index (χ4v) is 4.52. The molecule has 2 unspecified atom stereocenters. The highest BCUT2D eigenvalue weighted by Crippen LogP contribution is 2.23. The minimum atomic E-state index is -3.01. The number of hydrogen-bond donors (Lipinski definition) is 2. The van der Waals surface area contributed by atoms with E-state index in [0.717, 1.165) is 5.56 Å². The molecule has 1 aromatic rings. The van der Waals surface area contributed by atoms with E-state index in [2.05, 4.69) is 5.32 Å². The van der Waals surface area contributed by atoms with Crippen molar-refractivity contribution in [2.75, 3.05) is 11.5 Å². The quantitative estimate of drug-likeness (QED) is 0.817. The van der Waals surface area contributed by atoms with Crippen LogP contribution in [0.1, 0.15) is 30.9 Å². The summed E-state index contributed by atoms with van der Waals surface area (Å²) in [5, 5.41) is 11.7. The van der Waals surface area contributed by atoms with E-state index in [4.69, 9.17) is 5.11 Å². The molecule has 1 saturated heterocycles. The van der Waals surface area contributed by atoms with Gasteiger partial charge in [-0.25, -0.2) is 8.42 Å². The minimum absolute atomic E-state index is 0.0371. The summed E-state index contributed by atoms with van der Waals surface area (Å²) in [7, 11) is -3.01. The fraction of sp³-hybridized carbons (Fsp3) is 0.467. The van der Waals surface area contributed by atoms with E-state index in [9.17, 15) is 18.0 Å². The SMILES string of the molecule is O=C(O)CC(NC(=O)CC1CCS(=O)(=O)C1)c1ccccc1. The van der Waals surface area contributed by atoms with Gasteiger partial charge in [-0.2, -0.15) is 0 Å². The van der Waals surface area contributed by atoms with Crippen molar-refractivity contribution in [3.63, 3.8) is 0 Å². The molecule has 0 bridgehead atoms. The van der Waals surface area contributed by atoms with Crippen LogP contribution in [0.2, 0.25) is 0 Å². The van der Waals surface area contributed by atoms with Gasteiger partial charge in [-0.3, -0.25) is 9.59 Å². The second-order valence-corrected chi connectivity index (χ2v) is 7.83. The van der Waals surface area contributed by atoms with Gasteiger partial charge in [-0.05, 0) is 17.9 Å². The molecule has 22 heavy (non-hydrogen) atoms. The number of rotatable bonds is 6. The Morgan fingerprint density at radius 3 is 2.50 bits per heavy atom. The Bertz CT molecular complexity index is 641. The molecule has 6 nitrogen and oxygen atoms in total. The maximum atomic E-state index is 12.1. The van der Waals surface area contributed by atoms with Gasteiger partial charge in [-0.15, -0.1) is 0 Å². The highest BCUT2D eigenvalue weighted by molar-refractivity contribution is 7.91. The van der Waals surface area contributed by atoms with E-state index >= 15 is 0 Å². The van der Waals surface area contributed by atoms with Crippen LogP contribution in [0.5, 0.6) is 0 Å². The lowest BCUT2D eigenvalue weighted by Crippen LogP contribution is -2.31. The van der Waals surface area contributed by atoms with Crippen molar-refractivity contribution in [3.05, 3.63) is 35.9 Å². The molecule has 0 aliphatic carbocycles. The van der Waals surface area contributed by atoms with Crippen molar-refractivity contribution < 1.29 is 23.1 Å². The lowest BCUT2D eigenvalue weighted by molar-refractivity contribution is -0.137. The lowest BCUT2D eigenvalue weighted by Gasteiger charge is -2.18. The molecule has 0 saturated carbocycles. The minimum Gasteiger partial charge on any atom is -0.481 e. The Hall–Kier alpha value is -1.89. The van der Waals surface area contributed by atoms with Crippen molar-refractivity contribution in [2.45, 2.75) is 25.3 Å². The van der Waals surface area contributed by atoms with Crippen LogP contribution in [0, 0.1) is 5.92 Å². The first-order valence-electron chi connectivity index (χ1n) is 7.12. The van der Waals surface area contributed by atoms with Gasteiger partial charge in [0.1, 0.15) is 0 Å². The van der Waals surface area contributed by atoms with Crippen LogP contribution in [0.3, 0.4) is 0 Å². The van der Waals surface area contributed by atoms with E-state index in [1.807, 2.05) is 6.07 Å². The molecule has 1 amide bonds. The summed E-state index contributed by atoms with van der Waals surface area (Å²) in [6.07, 6.45) is 0.394. The first kappa shape index (κ1) is 16.5. The molecule has 0 aromatic heterocycles. The van der Waals surface area contributed by atoms with Gasteiger partial charge >= 0.3 is 5.97 Å². The highest BCUT2D eigenvalue weighted by atomic mass is 32.2. The molecule has 1 aliphatic heterocycles. The number of carboxylic acids is 1. The average Bonchev–Trinajstić information content (AvgIpc) is 2.77. The first-order chi connectivity index (χ1) is 10.4. The largest absolute Gasteiger partial charge is 0.481 e. The van der Waals surface area contributed by atoms with Gasteiger partial charge in [0.15, 0.2) is 9.84 Å². The summed E-state index contributed by atoms with van der Waals surface area (Å²) in [6, 6.07) is 8.28. The van der Waals surface area contributed by atoms with Crippen LogP contribution < -0.4 is 5.32 Å². The van der Waals surface area contributed by atoms with Gasteiger partial charge in [0.05, 0.1) is 24.0 Å². The van der Waals surface area contributed by atoms with Crippen LogP contribution >= 0.6 is 0 Å². The summed E-state index contributed by atoms with van der Waals surface area (Å²) in [5.74, 6) is -1.32. The summed E-state index contributed by atoms with van der Waals surface area (Å²) < 4.78 is 22.8. The predicted octanol–water partition coefficient (Wildman–Crippen LogP) is 1.14. The number of sulfone groups is 1. The zero-order valence-electron chi connectivity index (χ0n) is 12.1. The monoisotopic (exact) mass is 325 g/mol. The maximum absolute atomic E-state index is 12.1. The molecular weight excluding hydrogens is 306 g/mol. The van der Waals surface area contributed by atoms with Crippen molar-refractivity contribution in [1.29, 1.82) is 0 Å². The van der Waals surface area contributed by atoms with E-state index in [0.29, 0.717) is 6.42 Å². The first-order valence-corrected chi connectivity index (χ1v) is 8.94. The summed E-state index contributed by atoms with van der Waals surface area (Å²) in [6.45, 7) is 0. The smallest absolute Gasteiger partial charge is 0.305 e. The van der Waals surface area contributed by atoms with E-state index in [1.54, 1.807) is 24.3 Å². The highest BCUT2D eigenvalue weighted by Gasteiger charge is 2.30. The third-order valence-corrected chi connectivity index (χ3v) is 5.55. The van der Waals surface area contributed by atoms with Crippen molar-refractivity contribution in [1.82, 2.24) is 5.32 Å². The maximum Gasteiger partial charge on any atom is 0.305 e. The molecule has 2 rings (SSSR count). The van der Waals surface area contributed by atoms with E-state index in [-0.39, 0.29) is 36.2 Å². The number of carbonyl (C=O) groups excluding carboxylic acids is 1. The second kappa shape index (κ2) is 6.91. The summed E-state index contributed by atoms with van der Waals surface area (Å²) in [5.41, 5.74) is 0.720. The number of amides is 1. The molecular formula is C15H19NO5S. The van der Waals surface area contributed by atoms with Crippen LogP contribution in [-0.2, 0) is 19.4 Å². The molecule has 7 heteroatoms. The molecule has 120 valence electrons. The van der Waals surface area contributed by atoms with Gasteiger partial charge < -0.3 is 10.4 Å². The second-order valence-electron chi connectivity index (χ2n) is 5.60. The Labute approximate surface area is 129 Å². The van der Waals surface area contributed by atoms with E-state index < -0.39 is 21.8 Å². The summed E-state index contributed by atoms with van der Waals surface area (Å²) in [4.78, 5) is 23.0. The number of carboxylic acid groups (broad SMARTS) is 1. The molecule has 2 atom stereocenters. The van der Waals surface area contributed by atoms with E-state index in [1.165, 1.54) is 0 Å². The molecule has 0 radical (unpaired) electrons. The van der Waals surface area contributed by atoms with Gasteiger partial charge in [0.2, 0.25) is 5.91 Å². The lowest BCUT2D eigenvalue weighted by atomic mass is 10.0. The number of benzene rings is 1. The predicted molar refractivity (Wildman–Crippen MR) is 81.0 cm³/mol. The molecule has 2 N–H and O–H groups in total. The van der Waals surface area contributed by atoms with Gasteiger partial charge in [0, 0.05) is 6.42 Å². The van der Waals surface area contributed by atoms with Crippen LogP contribution in [0.25, 0.3) is 0 Å². The normalized spacial score (nSPS) is 21.2. The Morgan fingerprint density at radius 2 is 1.95 bits per heavy atom. The number of carbonyl (C=O) groups is 2. The Balaban J connectivity index is 1.98. The summed E-state index contributed by atoms with van der Waals surface area (Å²) >= 11 is 0. The zero-order valence-corrected chi connectivity index (χ0v) is 12.9. The number of hydrogen-bond acceptors (Lipinski definition) is 4. The van der Waals surface area contributed by atoms with Gasteiger partial charge in [-0.1, -0.05) is 30.3 Å². The Morgan fingerprint density at radius 1 is 1.27 bits per heavy atom. The topological polar surface area (TPSA) is 101 Å². The number of aliphatic carboxylic acids is 1. The average molecular weight is 325 g/mol.